The summed E-state index contributed by atoms with van der Waals surface area (Å²) >= 11 is 0. The molecule has 0 spiro atoms. The molecule has 2 aromatic rings. The van der Waals surface area contributed by atoms with Crippen molar-refractivity contribution in [2.45, 2.75) is 19.8 Å². The Morgan fingerprint density at radius 1 is 1.26 bits per heavy atom. The predicted molar refractivity (Wildman–Crippen MR) is 86.9 cm³/mol. The highest BCUT2D eigenvalue weighted by Gasteiger charge is 2.08. The maximum absolute atomic E-state index is 13.8. The van der Waals surface area contributed by atoms with Crippen molar-refractivity contribution < 1.29 is 13.9 Å². The lowest BCUT2D eigenvalue weighted by molar-refractivity contribution is -0.134. The van der Waals surface area contributed by atoms with E-state index in [9.17, 15) is 14.4 Å². The van der Waals surface area contributed by atoms with Crippen LogP contribution in [0.3, 0.4) is 0 Å². The first-order chi connectivity index (χ1) is 11.1. The number of carbonyl (C=O) groups excluding carboxylic acids is 1. The van der Waals surface area contributed by atoms with Gasteiger partial charge < -0.3 is 4.74 Å². The van der Waals surface area contributed by atoms with Crippen LogP contribution in [-0.2, 0) is 4.79 Å². The van der Waals surface area contributed by atoms with E-state index in [4.69, 9.17) is 4.74 Å². The molecule has 0 aromatic heterocycles. The summed E-state index contributed by atoms with van der Waals surface area (Å²) in [5.74, 6) is -0.350. The topological polar surface area (TPSA) is 50.1 Å². The van der Waals surface area contributed by atoms with E-state index in [-0.39, 0.29) is 17.1 Å². The van der Waals surface area contributed by atoms with Crippen molar-refractivity contribution in [1.29, 1.82) is 5.26 Å². The second-order valence-electron chi connectivity index (χ2n) is 4.95. The molecule has 0 atom stereocenters. The maximum Gasteiger partial charge on any atom is 0.311 e. The van der Waals surface area contributed by atoms with Gasteiger partial charge in [-0.3, -0.25) is 4.79 Å². The Bertz CT molecular complexity index is 775. The van der Waals surface area contributed by atoms with E-state index in [1.165, 1.54) is 6.07 Å². The molecule has 2 aromatic carbocycles. The van der Waals surface area contributed by atoms with Gasteiger partial charge in [0.25, 0.3) is 0 Å². The lowest BCUT2D eigenvalue weighted by atomic mass is 10.0. The van der Waals surface area contributed by atoms with Crippen LogP contribution in [0.4, 0.5) is 4.39 Å². The number of nitriles is 1. The predicted octanol–water partition coefficient (Wildman–Crippen LogP) is 4.60. The lowest BCUT2D eigenvalue weighted by Crippen LogP contribution is -2.06. The maximum atomic E-state index is 13.8. The smallest absolute Gasteiger partial charge is 0.311 e. The highest BCUT2D eigenvalue weighted by atomic mass is 19.1. The SMILES string of the molecule is CCCC(=O)Oc1cccc(/C=C(/C#N)c2ccccc2F)c1. The van der Waals surface area contributed by atoms with Gasteiger partial charge in [0.2, 0.25) is 0 Å². The normalized spacial score (nSPS) is 10.9. The van der Waals surface area contributed by atoms with E-state index in [1.807, 2.05) is 13.0 Å². The Labute approximate surface area is 134 Å². The third-order valence-electron chi connectivity index (χ3n) is 3.14. The fourth-order valence-corrected chi connectivity index (χ4v) is 2.07. The Morgan fingerprint density at radius 3 is 2.74 bits per heavy atom. The summed E-state index contributed by atoms with van der Waals surface area (Å²) in [5, 5.41) is 9.28. The van der Waals surface area contributed by atoms with Gasteiger partial charge in [0.15, 0.2) is 0 Å². The third-order valence-corrected chi connectivity index (χ3v) is 3.14. The summed E-state index contributed by atoms with van der Waals surface area (Å²) in [4.78, 5) is 11.5. The molecule has 4 heteroatoms. The van der Waals surface area contributed by atoms with Crippen LogP contribution >= 0.6 is 0 Å². The first-order valence-electron chi connectivity index (χ1n) is 7.31. The van der Waals surface area contributed by atoms with Gasteiger partial charge >= 0.3 is 5.97 Å². The summed E-state index contributed by atoms with van der Waals surface area (Å²) in [5.41, 5.74) is 1.11. The molecule has 0 bridgehead atoms. The number of ether oxygens (including phenoxy) is 1. The van der Waals surface area contributed by atoms with Gasteiger partial charge in [0.1, 0.15) is 11.6 Å². The van der Waals surface area contributed by atoms with E-state index >= 15 is 0 Å². The Balaban J connectivity index is 2.29. The molecule has 0 saturated carbocycles. The average molecular weight is 309 g/mol. The molecule has 0 heterocycles. The van der Waals surface area contributed by atoms with E-state index in [1.54, 1.807) is 48.5 Å². The van der Waals surface area contributed by atoms with Crippen molar-refractivity contribution in [1.82, 2.24) is 0 Å². The van der Waals surface area contributed by atoms with E-state index < -0.39 is 5.82 Å². The summed E-state index contributed by atoms with van der Waals surface area (Å²) < 4.78 is 19.0. The number of esters is 1. The molecule has 23 heavy (non-hydrogen) atoms. The summed E-state index contributed by atoms with van der Waals surface area (Å²) in [6.07, 6.45) is 2.62. The van der Waals surface area contributed by atoms with Crippen molar-refractivity contribution in [2.75, 3.05) is 0 Å². The molecular weight excluding hydrogens is 293 g/mol. The van der Waals surface area contributed by atoms with Crippen molar-refractivity contribution >= 4 is 17.6 Å². The molecule has 0 aliphatic heterocycles. The van der Waals surface area contributed by atoms with Gasteiger partial charge in [-0.1, -0.05) is 37.3 Å². The monoisotopic (exact) mass is 309 g/mol. The third kappa shape index (κ3) is 4.52. The minimum atomic E-state index is -0.453. The first-order valence-corrected chi connectivity index (χ1v) is 7.31. The van der Waals surface area contributed by atoms with Crippen LogP contribution in [0.5, 0.6) is 5.75 Å². The Morgan fingerprint density at radius 2 is 2.04 bits per heavy atom. The van der Waals surface area contributed by atoms with Crippen molar-refractivity contribution in [3.05, 3.63) is 65.5 Å². The van der Waals surface area contributed by atoms with Crippen molar-refractivity contribution in [3.8, 4) is 11.8 Å². The van der Waals surface area contributed by atoms with Crippen molar-refractivity contribution in [3.63, 3.8) is 0 Å². The summed E-state index contributed by atoms with van der Waals surface area (Å²) in [6.45, 7) is 1.90. The van der Waals surface area contributed by atoms with Gasteiger partial charge in [-0.05, 0) is 36.3 Å². The molecule has 2 rings (SSSR count). The number of hydrogen-bond donors (Lipinski definition) is 0. The molecule has 0 amide bonds. The molecule has 3 nitrogen and oxygen atoms in total. The average Bonchev–Trinajstić information content (AvgIpc) is 2.54. The fraction of sp³-hybridized carbons (Fsp3) is 0.158. The van der Waals surface area contributed by atoms with Crippen molar-refractivity contribution in [2.24, 2.45) is 0 Å². The second kappa shape index (κ2) is 7.90. The molecule has 116 valence electrons. The van der Waals surface area contributed by atoms with E-state index in [0.717, 1.165) is 0 Å². The largest absolute Gasteiger partial charge is 0.427 e. The van der Waals surface area contributed by atoms with Crippen LogP contribution in [0, 0.1) is 17.1 Å². The van der Waals surface area contributed by atoms with Crippen LogP contribution < -0.4 is 4.74 Å². The zero-order valence-electron chi connectivity index (χ0n) is 12.8. The van der Waals surface area contributed by atoms with Gasteiger partial charge in [-0.2, -0.15) is 5.26 Å². The zero-order chi connectivity index (χ0) is 16.7. The van der Waals surface area contributed by atoms with Crippen LogP contribution in [0.2, 0.25) is 0 Å². The fourth-order valence-electron chi connectivity index (χ4n) is 2.07. The number of carbonyl (C=O) groups is 1. The van der Waals surface area contributed by atoms with Crippen LogP contribution in [0.25, 0.3) is 11.6 Å². The minimum Gasteiger partial charge on any atom is -0.427 e. The number of benzene rings is 2. The molecule has 0 aliphatic carbocycles. The minimum absolute atomic E-state index is 0.208. The van der Waals surface area contributed by atoms with Crippen LogP contribution in [0.15, 0.2) is 48.5 Å². The highest BCUT2D eigenvalue weighted by molar-refractivity contribution is 5.90. The lowest BCUT2D eigenvalue weighted by Gasteiger charge is -2.05. The van der Waals surface area contributed by atoms with Gasteiger partial charge in [0.05, 0.1) is 11.6 Å². The number of nitrogens with zero attached hydrogens (tertiary/aromatic N) is 1. The Kier molecular flexibility index (Phi) is 5.65. The first kappa shape index (κ1) is 16.4. The molecule has 0 fully saturated rings. The van der Waals surface area contributed by atoms with E-state index in [0.29, 0.717) is 24.2 Å². The molecular formula is C19H16FNO2. The molecule has 0 saturated heterocycles. The van der Waals surface area contributed by atoms with Gasteiger partial charge in [0, 0.05) is 12.0 Å². The molecule has 0 aliphatic rings. The number of allylic oxidation sites excluding steroid dienone is 1. The molecule has 0 unspecified atom stereocenters. The number of halogens is 1. The summed E-state index contributed by atoms with van der Waals surface area (Å²) in [6, 6.07) is 14.9. The van der Waals surface area contributed by atoms with E-state index in [2.05, 4.69) is 0 Å². The Hall–Kier alpha value is -2.93. The van der Waals surface area contributed by atoms with Crippen LogP contribution in [-0.4, -0.2) is 5.97 Å². The van der Waals surface area contributed by atoms with Gasteiger partial charge in [-0.25, -0.2) is 4.39 Å². The standard InChI is InChI=1S/C19H16FNO2/c1-2-6-19(22)23-16-8-5-7-14(12-16)11-15(13-21)17-9-3-4-10-18(17)20/h3-5,7-12H,2,6H2,1H3/b15-11-. The molecule has 0 N–H and O–H groups in total. The molecule has 0 radical (unpaired) electrons. The zero-order valence-corrected chi connectivity index (χ0v) is 12.8. The second-order valence-corrected chi connectivity index (χ2v) is 4.95. The van der Waals surface area contributed by atoms with Crippen LogP contribution in [0.1, 0.15) is 30.9 Å². The number of rotatable bonds is 5. The number of hydrogen-bond acceptors (Lipinski definition) is 3. The van der Waals surface area contributed by atoms with Gasteiger partial charge in [-0.15, -0.1) is 0 Å². The highest BCUT2D eigenvalue weighted by Crippen LogP contribution is 2.22. The summed E-state index contributed by atoms with van der Waals surface area (Å²) in [7, 11) is 0. The quantitative estimate of drug-likeness (QED) is 0.351.